The summed E-state index contributed by atoms with van der Waals surface area (Å²) in [5.74, 6) is 0. The molecular formula is C32H24N2S2. The highest BCUT2D eigenvalue weighted by Gasteiger charge is 2.16. The summed E-state index contributed by atoms with van der Waals surface area (Å²) in [7, 11) is 0. The van der Waals surface area contributed by atoms with Crippen LogP contribution < -0.4 is 0 Å². The molecule has 4 heteroatoms. The van der Waals surface area contributed by atoms with E-state index in [2.05, 4.69) is 132 Å². The third-order valence-corrected chi connectivity index (χ3v) is 9.05. The molecule has 174 valence electrons. The minimum atomic E-state index is 1.18. The largest absolute Gasteiger partial charge is 0.308 e. The van der Waals surface area contributed by atoms with E-state index in [1.165, 1.54) is 63.4 Å². The Hall–Kier alpha value is -3.86. The molecule has 0 saturated heterocycles. The lowest BCUT2D eigenvalue weighted by molar-refractivity contribution is 1.16. The SMILES string of the molecule is Cc1ccc(-n2c3ccccc3sc3c2ccc2sc4ccccc4n(-c4ccc(C)cc4)c23)cc1. The Bertz CT molecular complexity index is 1940. The van der Waals surface area contributed by atoms with Gasteiger partial charge in [0.25, 0.3) is 0 Å². The number of nitrogens with zero attached hydrogens (tertiary/aromatic N) is 2. The summed E-state index contributed by atoms with van der Waals surface area (Å²) in [6.45, 7) is 4.29. The van der Waals surface area contributed by atoms with Gasteiger partial charge in [-0.05, 0) is 74.5 Å². The van der Waals surface area contributed by atoms with E-state index in [0.29, 0.717) is 0 Å². The summed E-state index contributed by atoms with van der Waals surface area (Å²) in [6.07, 6.45) is 0. The molecule has 0 unspecified atom stereocenters. The monoisotopic (exact) mass is 500 g/mol. The quantitative estimate of drug-likeness (QED) is 0.165. The molecule has 2 heterocycles. The minimum Gasteiger partial charge on any atom is -0.308 e. The number of hydrogen-bond donors (Lipinski definition) is 0. The fraction of sp³-hybridized carbons (Fsp3) is 0.0625. The van der Waals surface area contributed by atoms with Crippen LogP contribution in [0.3, 0.4) is 0 Å². The van der Waals surface area contributed by atoms with Crippen LogP contribution in [0.1, 0.15) is 11.1 Å². The molecule has 36 heavy (non-hydrogen) atoms. The topological polar surface area (TPSA) is 9.86 Å². The van der Waals surface area contributed by atoms with E-state index < -0.39 is 0 Å². The number of para-hydroxylation sites is 2. The Labute approximate surface area is 217 Å². The maximum Gasteiger partial charge on any atom is 0.0829 e. The first-order valence-corrected chi connectivity index (χ1v) is 13.7. The third kappa shape index (κ3) is 3.37. The van der Waals surface area contributed by atoms with E-state index in [1.54, 1.807) is 0 Å². The Morgan fingerprint density at radius 2 is 0.972 bits per heavy atom. The average Bonchev–Trinajstić information content (AvgIpc) is 2.91. The predicted octanol–water partition coefficient (Wildman–Crippen LogP) is 9.75. The van der Waals surface area contributed by atoms with Crippen molar-refractivity contribution in [1.29, 1.82) is 0 Å². The average molecular weight is 501 g/mol. The second kappa shape index (κ2) is 8.37. The van der Waals surface area contributed by atoms with Crippen molar-refractivity contribution in [2.75, 3.05) is 0 Å². The van der Waals surface area contributed by atoms with Gasteiger partial charge < -0.3 is 9.13 Å². The molecule has 7 rings (SSSR count). The molecule has 7 aromatic rings. The van der Waals surface area contributed by atoms with Crippen molar-refractivity contribution in [3.63, 3.8) is 0 Å². The van der Waals surface area contributed by atoms with E-state index in [9.17, 15) is 0 Å². The van der Waals surface area contributed by atoms with Gasteiger partial charge >= 0.3 is 0 Å². The number of fused-ring (bicyclic) bond motifs is 5. The molecule has 0 radical (unpaired) electrons. The summed E-state index contributed by atoms with van der Waals surface area (Å²) in [6, 6.07) is 39.8. The number of benzene rings is 5. The van der Waals surface area contributed by atoms with Gasteiger partial charge in [0.15, 0.2) is 0 Å². The lowest BCUT2D eigenvalue weighted by Gasteiger charge is -2.20. The van der Waals surface area contributed by atoms with Crippen molar-refractivity contribution < 1.29 is 0 Å². The summed E-state index contributed by atoms with van der Waals surface area (Å²) < 4.78 is 9.99. The molecule has 0 amide bonds. The van der Waals surface area contributed by atoms with Crippen molar-refractivity contribution in [1.82, 2.24) is 9.13 Å². The maximum absolute atomic E-state index is 2.45. The summed E-state index contributed by atoms with van der Waals surface area (Å²) in [4.78, 5) is 0. The smallest absolute Gasteiger partial charge is 0.0829 e. The van der Waals surface area contributed by atoms with Crippen LogP contribution in [0.5, 0.6) is 0 Å². The highest BCUT2D eigenvalue weighted by atomic mass is 32.1. The first-order chi connectivity index (χ1) is 17.7. The number of aromatic nitrogens is 2. The Morgan fingerprint density at radius 3 is 1.61 bits per heavy atom. The van der Waals surface area contributed by atoms with Gasteiger partial charge in [-0.25, -0.2) is 0 Å². The molecule has 0 N–H and O–H groups in total. The highest BCUT2D eigenvalue weighted by molar-refractivity contribution is 7.27. The molecule has 0 atom stereocenters. The zero-order valence-electron chi connectivity index (χ0n) is 20.1. The van der Waals surface area contributed by atoms with Crippen molar-refractivity contribution in [2.45, 2.75) is 13.8 Å². The van der Waals surface area contributed by atoms with Crippen molar-refractivity contribution in [3.05, 3.63) is 120 Å². The van der Waals surface area contributed by atoms with Crippen LogP contribution in [0.4, 0.5) is 0 Å². The van der Waals surface area contributed by atoms with Gasteiger partial charge in [0.1, 0.15) is 0 Å². The molecule has 0 saturated carbocycles. The van der Waals surface area contributed by atoms with Gasteiger partial charge in [0, 0.05) is 11.4 Å². The molecule has 2 nitrogen and oxygen atoms in total. The Morgan fingerprint density at radius 1 is 0.444 bits per heavy atom. The molecule has 0 aliphatic rings. The van der Waals surface area contributed by atoms with Crippen LogP contribution in [0.15, 0.2) is 109 Å². The molecule has 0 aliphatic carbocycles. The van der Waals surface area contributed by atoms with Crippen LogP contribution in [-0.4, -0.2) is 9.13 Å². The van der Waals surface area contributed by atoms with Gasteiger partial charge in [0.2, 0.25) is 0 Å². The van der Waals surface area contributed by atoms with Crippen molar-refractivity contribution in [3.8, 4) is 11.4 Å². The molecule has 0 fully saturated rings. The maximum atomic E-state index is 2.45. The van der Waals surface area contributed by atoms with Crippen LogP contribution in [-0.2, 0) is 0 Å². The predicted molar refractivity (Wildman–Crippen MR) is 158 cm³/mol. The summed E-state index contributed by atoms with van der Waals surface area (Å²) in [5, 5.41) is 0. The number of aryl methyl sites for hydroxylation is 2. The van der Waals surface area contributed by atoms with E-state index in [1.807, 2.05) is 22.7 Å². The van der Waals surface area contributed by atoms with E-state index in [4.69, 9.17) is 0 Å². The standard InChI is InChI=1S/C32H24N2S2/c1-21-11-15-23(16-12-21)33-25-7-3-6-10-29(25)36-32-27(33)19-20-30-31(32)34(24-17-13-22(2)14-18-24)26-8-4-5-9-28(26)35-30/h3-20H,1-2H3. The summed E-state index contributed by atoms with van der Waals surface area (Å²) in [5.41, 5.74) is 9.84. The van der Waals surface area contributed by atoms with Crippen LogP contribution in [0.2, 0.25) is 0 Å². The normalized spacial score (nSPS) is 11.6. The first-order valence-electron chi connectivity index (χ1n) is 12.1. The van der Waals surface area contributed by atoms with Crippen molar-refractivity contribution >= 4 is 63.5 Å². The Kier molecular flexibility index (Phi) is 4.98. The second-order valence-corrected chi connectivity index (χ2v) is 11.4. The van der Waals surface area contributed by atoms with Crippen molar-refractivity contribution in [2.24, 2.45) is 0 Å². The fourth-order valence-electron chi connectivity index (χ4n) is 4.98. The molecule has 0 spiro atoms. The van der Waals surface area contributed by atoms with E-state index in [0.717, 1.165) is 0 Å². The second-order valence-electron chi connectivity index (χ2n) is 9.24. The minimum absolute atomic E-state index is 1.18. The van der Waals surface area contributed by atoms with E-state index in [-0.39, 0.29) is 0 Å². The van der Waals surface area contributed by atoms with Crippen LogP contribution in [0.25, 0.3) is 52.2 Å². The lowest BCUT2D eigenvalue weighted by Crippen LogP contribution is -2.03. The van der Waals surface area contributed by atoms with E-state index >= 15 is 0 Å². The first kappa shape index (κ1) is 21.4. The molecule has 0 bridgehead atoms. The zero-order valence-corrected chi connectivity index (χ0v) is 21.7. The van der Waals surface area contributed by atoms with Gasteiger partial charge in [0.05, 0.1) is 40.9 Å². The molecular weight excluding hydrogens is 477 g/mol. The van der Waals surface area contributed by atoms with Gasteiger partial charge in [-0.2, -0.15) is 0 Å². The third-order valence-electron chi connectivity index (χ3n) is 6.77. The Balaban J connectivity index is 1.72. The van der Waals surface area contributed by atoms with Crippen LogP contribution >= 0.6 is 22.7 Å². The van der Waals surface area contributed by atoms with Gasteiger partial charge in [-0.1, -0.05) is 59.7 Å². The molecule has 0 aliphatic heterocycles. The fourth-order valence-corrected chi connectivity index (χ4v) is 7.31. The number of hydrogen-bond acceptors (Lipinski definition) is 2. The summed E-state index contributed by atoms with van der Waals surface area (Å²) >= 11 is 3.74. The highest BCUT2D eigenvalue weighted by Crippen LogP contribution is 2.40. The molecule has 2 aromatic heterocycles. The zero-order chi connectivity index (χ0) is 24.2. The van der Waals surface area contributed by atoms with Gasteiger partial charge in [-0.15, -0.1) is 22.7 Å². The number of rotatable bonds is 2. The lowest BCUT2D eigenvalue weighted by atomic mass is 10.2. The van der Waals surface area contributed by atoms with Gasteiger partial charge in [-0.3, -0.25) is 0 Å². The molecule has 5 aromatic carbocycles. The van der Waals surface area contributed by atoms with Crippen LogP contribution in [0, 0.1) is 13.8 Å².